The molecule has 3 N–H and O–H groups in total. The van der Waals surface area contributed by atoms with Crippen molar-refractivity contribution in [2.45, 2.75) is 12.7 Å². The molecule has 7 heteroatoms. The minimum Gasteiger partial charge on any atom is -0.325 e. The molecule has 0 atom stereocenters. The largest absolute Gasteiger partial charge is 0.433 e. The number of aromatic amines is 1. The zero-order valence-electron chi connectivity index (χ0n) is 8.62. The van der Waals surface area contributed by atoms with Gasteiger partial charge in [-0.15, -0.1) is 0 Å². The summed E-state index contributed by atoms with van der Waals surface area (Å²) >= 11 is 0. The van der Waals surface area contributed by atoms with Crippen molar-refractivity contribution in [3.05, 3.63) is 35.8 Å². The summed E-state index contributed by atoms with van der Waals surface area (Å²) in [6.45, 7) is 0.254. The van der Waals surface area contributed by atoms with Crippen molar-refractivity contribution in [2.24, 2.45) is 5.73 Å². The molecule has 4 nitrogen and oxygen atoms in total. The number of hydrogen-bond donors (Lipinski definition) is 2. The maximum atomic E-state index is 12.4. The molecule has 17 heavy (non-hydrogen) atoms. The first kappa shape index (κ1) is 11.6. The van der Waals surface area contributed by atoms with Gasteiger partial charge in [-0.05, 0) is 18.2 Å². The number of nitrogens with one attached hydrogen (secondary N) is 1. The van der Waals surface area contributed by atoms with Gasteiger partial charge in [0.05, 0.1) is 5.69 Å². The van der Waals surface area contributed by atoms with Gasteiger partial charge in [-0.1, -0.05) is 0 Å². The summed E-state index contributed by atoms with van der Waals surface area (Å²) in [6, 6.07) is 4.03. The van der Waals surface area contributed by atoms with Crippen LogP contribution in [-0.2, 0) is 12.7 Å². The van der Waals surface area contributed by atoms with Gasteiger partial charge in [0.1, 0.15) is 5.69 Å². The lowest BCUT2D eigenvalue weighted by atomic mass is 10.1. The van der Waals surface area contributed by atoms with E-state index in [1.165, 1.54) is 6.07 Å². The lowest BCUT2D eigenvalue weighted by molar-refractivity contribution is -0.141. The summed E-state index contributed by atoms with van der Waals surface area (Å²) in [5, 5.41) is 6.52. The fourth-order valence-electron chi connectivity index (χ4n) is 1.36. The van der Waals surface area contributed by atoms with Gasteiger partial charge in [0.2, 0.25) is 0 Å². The van der Waals surface area contributed by atoms with Gasteiger partial charge in [0, 0.05) is 24.0 Å². The summed E-state index contributed by atoms with van der Waals surface area (Å²) in [5.74, 6) is 0. The predicted octanol–water partition coefficient (Wildman–Crippen LogP) is 1.95. The second kappa shape index (κ2) is 4.17. The third kappa shape index (κ3) is 2.44. The maximum Gasteiger partial charge on any atom is 0.433 e. The van der Waals surface area contributed by atoms with Gasteiger partial charge in [-0.25, -0.2) is 0 Å². The van der Waals surface area contributed by atoms with Crippen LogP contribution in [0.1, 0.15) is 11.4 Å². The van der Waals surface area contributed by atoms with Crippen LogP contribution in [0.4, 0.5) is 13.2 Å². The molecule has 90 valence electrons. The molecule has 0 bridgehead atoms. The average Bonchev–Trinajstić information content (AvgIpc) is 2.76. The van der Waals surface area contributed by atoms with Crippen LogP contribution in [0.25, 0.3) is 11.3 Å². The normalized spacial score (nSPS) is 11.8. The van der Waals surface area contributed by atoms with Crippen molar-refractivity contribution >= 4 is 0 Å². The molecule has 0 saturated carbocycles. The molecular formula is C10H9F3N4. The van der Waals surface area contributed by atoms with Crippen LogP contribution >= 0.6 is 0 Å². The molecule has 2 heterocycles. The highest BCUT2D eigenvalue weighted by Crippen LogP contribution is 2.29. The Morgan fingerprint density at radius 3 is 2.65 bits per heavy atom. The Morgan fingerprint density at radius 1 is 1.29 bits per heavy atom. The zero-order chi connectivity index (χ0) is 12.5. The summed E-state index contributed by atoms with van der Waals surface area (Å²) in [4.78, 5) is 3.28. The van der Waals surface area contributed by atoms with Crippen LogP contribution in [0.3, 0.4) is 0 Å². The average molecular weight is 242 g/mol. The molecule has 2 aromatic rings. The zero-order valence-corrected chi connectivity index (χ0v) is 8.62. The lowest BCUT2D eigenvalue weighted by Crippen LogP contribution is -2.07. The third-order valence-corrected chi connectivity index (χ3v) is 2.20. The van der Waals surface area contributed by atoms with Crippen LogP contribution in [0.5, 0.6) is 0 Å². The van der Waals surface area contributed by atoms with Crippen LogP contribution in [-0.4, -0.2) is 15.2 Å². The molecule has 0 aliphatic heterocycles. The highest BCUT2D eigenvalue weighted by molar-refractivity contribution is 5.59. The van der Waals surface area contributed by atoms with E-state index in [0.717, 1.165) is 12.3 Å². The second-order valence-corrected chi connectivity index (χ2v) is 3.41. The first-order valence-corrected chi connectivity index (χ1v) is 4.78. The van der Waals surface area contributed by atoms with E-state index in [9.17, 15) is 13.2 Å². The molecule has 0 aromatic carbocycles. The van der Waals surface area contributed by atoms with Crippen molar-refractivity contribution in [3.63, 3.8) is 0 Å². The predicted molar refractivity (Wildman–Crippen MR) is 54.7 cm³/mol. The smallest absolute Gasteiger partial charge is 0.325 e. The molecule has 2 aromatic heterocycles. The molecule has 0 unspecified atom stereocenters. The fourth-order valence-corrected chi connectivity index (χ4v) is 1.36. The minimum atomic E-state index is -4.46. The number of pyridine rings is 1. The second-order valence-electron chi connectivity index (χ2n) is 3.41. The highest BCUT2D eigenvalue weighted by atomic mass is 19.4. The number of H-pyrrole nitrogens is 1. The lowest BCUT2D eigenvalue weighted by Gasteiger charge is -2.05. The Morgan fingerprint density at radius 2 is 2.06 bits per heavy atom. The maximum absolute atomic E-state index is 12.4. The standard InChI is InChI=1S/C10H9F3N4/c11-10(12,13)9-3-6(1-2-15-9)8-4-7(5-14)16-17-8/h1-4H,5,14H2,(H,16,17). The number of halogens is 3. The van der Waals surface area contributed by atoms with E-state index >= 15 is 0 Å². The van der Waals surface area contributed by atoms with Gasteiger partial charge >= 0.3 is 6.18 Å². The monoisotopic (exact) mass is 242 g/mol. The Kier molecular flexibility index (Phi) is 2.84. The Bertz CT molecular complexity index is 518. The van der Waals surface area contributed by atoms with Crippen LogP contribution in [0.2, 0.25) is 0 Å². The first-order chi connectivity index (χ1) is 8.00. The van der Waals surface area contributed by atoms with Gasteiger partial charge in [-0.2, -0.15) is 18.3 Å². The third-order valence-electron chi connectivity index (χ3n) is 2.20. The Balaban J connectivity index is 2.39. The van der Waals surface area contributed by atoms with E-state index in [2.05, 4.69) is 15.2 Å². The van der Waals surface area contributed by atoms with E-state index in [4.69, 9.17) is 5.73 Å². The minimum absolute atomic E-state index is 0.254. The van der Waals surface area contributed by atoms with Crippen LogP contribution in [0.15, 0.2) is 24.4 Å². The Hall–Kier alpha value is -1.89. The van der Waals surface area contributed by atoms with Crippen molar-refractivity contribution in [2.75, 3.05) is 0 Å². The quantitative estimate of drug-likeness (QED) is 0.845. The Labute approximate surface area is 94.7 Å². The van der Waals surface area contributed by atoms with Crippen molar-refractivity contribution in [1.82, 2.24) is 15.2 Å². The van der Waals surface area contributed by atoms with Crippen molar-refractivity contribution in [3.8, 4) is 11.3 Å². The molecular weight excluding hydrogens is 233 g/mol. The van der Waals surface area contributed by atoms with E-state index in [-0.39, 0.29) is 6.54 Å². The summed E-state index contributed by atoms with van der Waals surface area (Å²) in [7, 11) is 0. The van der Waals surface area contributed by atoms with Gasteiger partial charge in [0.25, 0.3) is 0 Å². The fraction of sp³-hybridized carbons (Fsp3) is 0.200. The van der Waals surface area contributed by atoms with Crippen LogP contribution in [0, 0.1) is 0 Å². The van der Waals surface area contributed by atoms with E-state index in [1.807, 2.05) is 0 Å². The molecule has 0 saturated heterocycles. The van der Waals surface area contributed by atoms with Crippen LogP contribution < -0.4 is 5.73 Å². The number of alkyl halides is 3. The number of nitrogens with zero attached hydrogens (tertiary/aromatic N) is 2. The molecule has 0 aliphatic carbocycles. The van der Waals surface area contributed by atoms with E-state index < -0.39 is 11.9 Å². The SMILES string of the molecule is NCc1cc(-c2ccnc(C(F)(F)F)c2)n[nH]1. The molecule has 0 fully saturated rings. The van der Waals surface area contributed by atoms with Gasteiger partial charge in [0.15, 0.2) is 0 Å². The molecule has 0 spiro atoms. The topological polar surface area (TPSA) is 67.6 Å². The highest BCUT2D eigenvalue weighted by Gasteiger charge is 2.32. The molecule has 0 radical (unpaired) electrons. The van der Waals surface area contributed by atoms with Gasteiger partial charge < -0.3 is 5.73 Å². The number of rotatable bonds is 2. The summed E-state index contributed by atoms with van der Waals surface area (Å²) in [5.41, 5.74) is 5.86. The summed E-state index contributed by atoms with van der Waals surface area (Å²) in [6.07, 6.45) is -3.35. The van der Waals surface area contributed by atoms with Crippen molar-refractivity contribution in [1.29, 1.82) is 0 Å². The summed E-state index contributed by atoms with van der Waals surface area (Å²) < 4.78 is 37.3. The number of hydrogen-bond acceptors (Lipinski definition) is 3. The van der Waals surface area contributed by atoms with Gasteiger partial charge in [-0.3, -0.25) is 10.1 Å². The van der Waals surface area contributed by atoms with Crippen molar-refractivity contribution < 1.29 is 13.2 Å². The van der Waals surface area contributed by atoms with E-state index in [0.29, 0.717) is 17.0 Å². The number of aromatic nitrogens is 3. The molecule has 0 aliphatic rings. The van der Waals surface area contributed by atoms with E-state index in [1.54, 1.807) is 6.07 Å². The first-order valence-electron chi connectivity index (χ1n) is 4.78. The molecule has 0 amide bonds. The number of nitrogens with two attached hydrogens (primary N) is 1. The molecule has 2 rings (SSSR count).